The molecule has 5 nitrogen and oxygen atoms in total. The number of aromatic amines is 1. The molecular weight excluding hydrogens is 214 g/mol. The van der Waals surface area contributed by atoms with Crippen LogP contribution >= 0.6 is 0 Å². The summed E-state index contributed by atoms with van der Waals surface area (Å²) < 4.78 is 1.83. The molecule has 88 valence electrons. The summed E-state index contributed by atoms with van der Waals surface area (Å²) in [4.78, 5) is 7.83. The average molecular weight is 229 g/mol. The third kappa shape index (κ3) is 1.63. The molecule has 2 aromatic heterocycles. The van der Waals surface area contributed by atoms with Crippen molar-refractivity contribution in [2.45, 2.75) is 12.8 Å². The first kappa shape index (κ1) is 10.1. The maximum Gasteiger partial charge on any atom is 0.200 e. The highest BCUT2D eigenvalue weighted by atomic mass is 15.2. The van der Waals surface area contributed by atoms with Crippen molar-refractivity contribution in [2.75, 3.05) is 12.4 Å². The van der Waals surface area contributed by atoms with Gasteiger partial charge in [-0.05, 0) is 18.4 Å². The molecule has 0 spiro atoms. The van der Waals surface area contributed by atoms with Crippen molar-refractivity contribution < 1.29 is 0 Å². The summed E-state index contributed by atoms with van der Waals surface area (Å²) in [5.41, 5.74) is 2.43. The van der Waals surface area contributed by atoms with E-state index in [2.05, 4.69) is 26.5 Å². The van der Waals surface area contributed by atoms with E-state index < -0.39 is 0 Å². The second kappa shape index (κ2) is 3.76. The Morgan fingerprint density at radius 3 is 3.06 bits per heavy atom. The van der Waals surface area contributed by atoms with Crippen molar-refractivity contribution in [3.05, 3.63) is 28.7 Å². The zero-order valence-corrected chi connectivity index (χ0v) is 9.99. The van der Waals surface area contributed by atoms with Gasteiger partial charge in [0.25, 0.3) is 0 Å². The van der Waals surface area contributed by atoms with Crippen molar-refractivity contribution >= 4 is 17.6 Å². The lowest BCUT2D eigenvalue weighted by Crippen LogP contribution is -2.30. The molecule has 1 aliphatic rings. The normalized spacial score (nSPS) is 14.4. The van der Waals surface area contributed by atoms with E-state index in [0.717, 1.165) is 35.1 Å². The van der Waals surface area contributed by atoms with Crippen LogP contribution in [0.5, 0.6) is 0 Å². The summed E-state index contributed by atoms with van der Waals surface area (Å²) in [6.45, 7) is 0. The zero-order valence-electron chi connectivity index (χ0n) is 9.99. The van der Waals surface area contributed by atoms with Gasteiger partial charge in [-0.25, -0.2) is 4.98 Å². The van der Waals surface area contributed by atoms with E-state index in [0.29, 0.717) is 0 Å². The lowest BCUT2D eigenvalue weighted by molar-refractivity contribution is 0.767. The van der Waals surface area contributed by atoms with Gasteiger partial charge in [-0.2, -0.15) is 5.10 Å². The summed E-state index contributed by atoms with van der Waals surface area (Å²) in [6, 6.07) is 0. The van der Waals surface area contributed by atoms with Crippen LogP contribution in [0.15, 0.2) is 12.4 Å². The molecule has 0 atom stereocenters. The predicted molar refractivity (Wildman–Crippen MR) is 66.8 cm³/mol. The number of H-pyrrole nitrogens is 1. The maximum atomic E-state index is 4.56. The number of nitrogens with one attached hydrogen (secondary N) is 2. The van der Waals surface area contributed by atoms with Crippen LogP contribution in [0.1, 0.15) is 18.4 Å². The Balaban J connectivity index is 2.26. The number of nitrogens with zero attached hydrogens (tertiary/aromatic N) is 3. The van der Waals surface area contributed by atoms with Crippen LogP contribution in [0.25, 0.3) is 11.6 Å². The number of anilines is 1. The highest BCUT2D eigenvalue weighted by Gasteiger charge is 2.11. The largest absolute Gasteiger partial charge is 0.359 e. The van der Waals surface area contributed by atoms with Crippen molar-refractivity contribution in [1.82, 2.24) is 19.7 Å². The number of imidazole rings is 1. The minimum absolute atomic E-state index is 0.814. The third-order valence-electron chi connectivity index (χ3n) is 3.05. The van der Waals surface area contributed by atoms with E-state index in [1.54, 1.807) is 0 Å². The monoisotopic (exact) mass is 229 g/mol. The zero-order chi connectivity index (χ0) is 11.8. The molecule has 2 N–H and O–H groups in total. The Morgan fingerprint density at radius 2 is 2.35 bits per heavy atom. The van der Waals surface area contributed by atoms with Gasteiger partial charge in [0.15, 0.2) is 0 Å². The van der Waals surface area contributed by atoms with Gasteiger partial charge < -0.3 is 10.3 Å². The summed E-state index contributed by atoms with van der Waals surface area (Å²) >= 11 is 0. The first-order valence-electron chi connectivity index (χ1n) is 5.74. The van der Waals surface area contributed by atoms with Gasteiger partial charge in [0.2, 0.25) is 5.95 Å². The highest BCUT2D eigenvalue weighted by molar-refractivity contribution is 5.66. The molecule has 5 heteroatoms. The molecular formula is C12H15N5. The quantitative estimate of drug-likeness (QED) is 0.759. The highest BCUT2D eigenvalue weighted by Crippen LogP contribution is 2.17. The summed E-state index contributed by atoms with van der Waals surface area (Å²) in [7, 11) is 3.80. The van der Waals surface area contributed by atoms with Crippen molar-refractivity contribution in [2.24, 2.45) is 7.05 Å². The number of hydrogen-bond donors (Lipinski definition) is 2. The van der Waals surface area contributed by atoms with Crippen molar-refractivity contribution in [3.8, 4) is 0 Å². The van der Waals surface area contributed by atoms with Gasteiger partial charge in [-0.3, -0.25) is 4.68 Å². The smallest absolute Gasteiger partial charge is 0.200 e. The first-order chi connectivity index (χ1) is 8.28. The minimum Gasteiger partial charge on any atom is -0.359 e. The second-order valence-corrected chi connectivity index (χ2v) is 4.22. The second-order valence-electron chi connectivity index (χ2n) is 4.22. The lowest BCUT2D eigenvalue weighted by atomic mass is 10.0. The first-order valence-corrected chi connectivity index (χ1v) is 5.74. The van der Waals surface area contributed by atoms with E-state index in [-0.39, 0.29) is 0 Å². The van der Waals surface area contributed by atoms with Crippen LogP contribution < -0.4 is 16.0 Å². The minimum atomic E-state index is 0.814. The SMILES string of the molecule is CNc1nc2c([nH]1)=CCCC=2c1cnn(C)c1. The average Bonchev–Trinajstić information content (AvgIpc) is 2.93. The summed E-state index contributed by atoms with van der Waals surface area (Å²) in [6.07, 6.45) is 8.20. The molecule has 0 fully saturated rings. The molecule has 0 saturated heterocycles. The Kier molecular flexibility index (Phi) is 2.24. The van der Waals surface area contributed by atoms with Crippen LogP contribution in [0.3, 0.4) is 0 Å². The van der Waals surface area contributed by atoms with Crippen LogP contribution in [0.4, 0.5) is 5.95 Å². The van der Waals surface area contributed by atoms with E-state index in [1.807, 2.05) is 31.2 Å². The van der Waals surface area contributed by atoms with Crippen LogP contribution in [-0.4, -0.2) is 26.8 Å². The van der Waals surface area contributed by atoms with Crippen LogP contribution in [0, 0.1) is 0 Å². The van der Waals surface area contributed by atoms with E-state index in [1.165, 1.54) is 5.57 Å². The summed E-state index contributed by atoms with van der Waals surface area (Å²) in [5.74, 6) is 0.814. The molecule has 0 saturated carbocycles. The molecule has 0 aliphatic heterocycles. The third-order valence-corrected chi connectivity index (χ3v) is 3.05. The fourth-order valence-electron chi connectivity index (χ4n) is 2.22. The molecule has 2 heterocycles. The topological polar surface area (TPSA) is 58.5 Å². The molecule has 1 aliphatic carbocycles. The van der Waals surface area contributed by atoms with Gasteiger partial charge in [0.1, 0.15) is 0 Å². The number of aromatic nitrogens is 4. The molecule has 0 unspecified atom stereocenters. The number of hydrogen-bond acceptors (Lipinski definition) is 3. The molecule has 2 aromatic rings. The van der Waals surface area contributed by atoms with Gasteiger partial charge in [-0.15, -0.1) is 0 Å². The lowest BCUT2D eigenvalue weighted by Gasteiger charge is -2.04. The Bertz CT molecular complexity index is 661. The maximum absolute atomic E-state index is 4.56. The Labute approximate surface area is 98.9 Å². The Hall–Kier alpha value is -2.04. The molecule has 3 rings (SSSR count). The van der Waals surface area contributed by atoms with Gasteiger partial charge in [-0.1, -0.05) is 6.08 Å². The van der Waals surface area contributed by atoms with E-state index in [4.69, 9.17) is 0 Å². The van der Waals surface area contributed by atoms with Crippen LogP contribution in [-0.2, 0) is 7.05 Å². The molecule has 0 bridgehead atoms. The molecule has 0 amide bonds. The van der Waals surface area contributed by atoms with Crippen molar-refractivity contribution in [3.63, 3.8) is 0 Å². The number of rotatable bonds is 2. The van der Waals surface area contributed by atoms with E-state index >= 15 is 0 Å². The molecule has 0 aromatic carbocycles. The molecule has 17 heavy (non-hydrogen) atoms. The fourth-order valence-corrected chi connectivity index (χ4v) is 2.22. The van der Waals surface area contributed by atoms with E-state index in [9.17, 15) is 0 Å². The van der Waals surface area contributed by atoms with Gasteiger partial charge in [0.05, 0.1) is 16.9 Å². The van der Waals surface area contributed by atoms with Gasteiger partial charge in [0, 0.05) is 25.9 Å². The fraction of sp³-hybridized carbons (Fsp3) is 0.333. The predicted octanol–water partition coefficient (Wildman–Crippen LogP) is -0.0418. The number of fused-ring (bicyclic) bond motifs is 1. The number of aryl methyl sites for hydroxylation is 1. The summed E-state index contributed by atoms with van der Waals surface area (Å²) in [5, 5.41) is 9.42. The van der Waals surface area contributed by atoms with Crippen molar-refractivity contribution in [1.29, 1.82) is 0 Å². The van der Waals surface area contributed by atoms with Gasteiger partial charge >= 0.3 is 0 Å². The Morgan fingerprint density at radius 1 is 1.47 bits per heavy atom. The standard InChI is InChI=1S/C12H15N5/c1-13-12-15-10-5-3-4-9(11(10)16-12)8-6-14-17(2)7-8/h5-7H,3-4H2,1-2H3,(H2,13,15,16). The molecule has 0 radical (unpaired) electrons. The van der Waals surface area contributed by atoms with Crippen LogP contribution in [0.2, 0.25) is 0 Å².